The van der Waals surface area contributed by atoms with Crippen LogP contribution in [0.15, 0.2) is 24.3 Å². The van der Waals surface area contributed by atoms with Gasteiger partial charge in [-0.05, 0) is 30.7 Å². The molecule has 17 heavy (non-hydrogen) atoms. The zero-order chi connectivity index (χ0) is 12.5. The van der Waals surface area contributed by atoms with Gasteiger partial charge in [0.2, 0.25) is 5.91 Å². The fraction of sp³-hybridized carbons (Fsp3) is 0.462. The summed E-state index contributed by atoms with van der Waals surface area (Å²) < 4.78 is 5.09. The molecule has 0 atom stereocenters. The van der Waals surface area contributed by atoms with Crippen LogP contribution in [0.25, 0.3) is 0 Å². The Kier molecular flexibility index (Phi) is 6.10. The Balaban J connectivity index is 2.15. The van der Waals surface area contributed by atoms with Crippen molar-refractivity contribution in [1.82, 2.24) is 10.6 Å². The van der Waals surface area contributed by atoms with Gasteiger partial charge in [-0.15, -0.1) is 0 Å². The third-order valence-electron chi connectivity index (χ3n) is 2.52. The smallest absolute Gasteiger partial charge is 0.219 e. The highest BCUT2D eigenvalue weighted by Crippen LogP contribution is 2.10. The van der Waals surface area contributed by atoms with Gasteiger partial charge in [0.25, 0.3) is 0 Å². The van der Waals surface area contributed by atoms with Crippen LogP contribution in [0.3, 0.4) is 0 Å². The minimum Gasteiger partial charge on any atom is -0.497 e. The highest BCUT2D eigenvalue weighted by molar-refractivity contribution is 5.75. The SMILES string of the molecule is CNC(=O)CCCNCc1ccc(OC)cc1. The van der Waals surface area contributed by atoms with E-state index in [1.807, 2.05) is 24.3 Å². The number of benzene rings is 1. The van der Waals surface area contributed by atoms with Crippen molar-refractivity contribution in [3.8, 4) is 5.75 Å². The number of ether oxygens (including phenoxy) is 1. The van der Waals surface area contributed by atoms with Crippen LogP contribution in [0.4, 0.5) is 0 Å². The van der Waals surface area contributed by atoms with Gasteiger partial charge in [0, 0.05) is 20.0 Å². The number of amides is 1. The summed E-state index contributed by atoms with van der Waals surface area (Å²) in [5.41, 5.74) is 1.21. The molecule has 0 aromatic heterocycles. The summed E-state index contributed by atoms with van der Waals surface area (Å²) in [6.07, 6.45) is 1.43. The monoisotopic (exact) mass is 236 g/mol. The quantitative estimate of drug-likeness (QED) is 0.702. The van der Waals surface area contributed by atoms with E-state index in [2.05, 4.69) is 10.6 Å². The van der Waals surface area contributed by atoms with E-state index >= 15 is 0 Å². The Morgan fingerprint density at radius 2 is 2.00 bits per heavy atom. The molecule has 0 heterocycles. The van der Waals surface area contributed by atoms with Gasteiger partial charge in [-0.2, -0.15) is 0 Å². The van der Waals surface area contributed by atoms with Crippen LogP contribution < -0.4 is 15.4 Å². The zero-order valence-electron chi connectivity index (χ0n) is 10.5. The van der Waals surface area contributed by atoms with Gasteiger partial charge in [-0.25, -0.2) is 0 Å². The molecule has 94 valence electrons. The van der Waals surface area contributed by atoms with E-state index in [4.69, 9.17) is 4.74 Å². The van der Waals surface area contributed by atoms with Crippen molar-refractivity contribution in [2.45, 2.75) is 19.4 Å². The standard InChI is InChI=1S/C13H20N2O2/c1-14-13(16)4-3-9-15-10-11-5-7-12(17-2)8-6-11/h5-8,15H,3-4,9-10H2,1-2H3,(H,14,16). The van der Waals surface area contributed by atoms with Crippen LogP contribution in [0.2, 0.25) is 0 Å². The van der Waals surface area contributed by atoms with Crippen LogP contribution in [0.5, 0.6) is 5.75 Å². The molecule has 0 fully saturated rings. The first-order chi connectivity index (χ1) is 8.26. The van der Waals surface area contributed by atoms with Gasteiger partial charge in [0.05, 0.1) is 7.11 Å². The van der Waals surface area contributed by atoms with Crippen molar-refractivity contribution in [2.75, 3.05) is 20.7 Å². The van der Waals surface area contributed by atoms with E-state index < -0.39 is 0 Å². The topological polar surface area (TPSA) is 50.4 Å². The average Bonchev–Trinajstić information content (AvgIpc) is 2.38. The summed E-state index contributed by atoms with van der Waals surface area (Å²) >= 11 is 0. The normalized spacial score (nSPS) is 10.0. The van der Waals surface area contributed by atoms with Crippen molar-refractivity contribution in [2.24, 2.45) is 0 Å². The molecule has 1 aromatic carbocycles. The maximum atomic E-state index is 11.0. The first kappa shape index (κ1) is 13.5. The van der Waals surface area contributed by atoms with E-state index in [0.29, 0.717) is 6.42 Å². The fourth-order valence-corrected chi connectivity index (χ4v) is 1.48. The van der Waals surface area contributed by atoms with E-state index in [-0.39, 0.29) is 5.91 Å². The number of carbonyl (C=O) groups excluding carboxylic acids is 1. The summed E-state index contributed by atoms with van der Waals surface area (Å²) in [5.74, 6) is 0.963. The van der Waals surface area contributed by atoms with Gasteiger partial charge < -0.3 is 15.4 Å². The van der Waals surface area contributed by atoms with Crippen LogP contribution in [-0.2, 0) is 11.3 Å². The Labute approximate surface area is 102 Å². The number of carbonyl (C=O) groups is 1. The molecule has 4 heteroatoms. The minimum atomic E-state index is 0.0937. The van der Waals surface area contributed by atoms with Crippen molar-refractivity contribution in [1.29, 1.82) is 0 Å². The van der Waals surface area contributed by atoms with E-state index in [1.165, 1.54) is 5.56 Å². The predicted molar refractivity (Wildman–Crippen MR) is 68.0 cm³/mol. The lowest BCUT2D eigenvalue weighted by Crippen LogP contribution is -2.20. The van der Waals surface area contributed by atoms with Gasteiger partial charge in [-0.1, -0.05) is 12.1 Å². The van der Waals surface area contributed by atoms with Crippen molar-refractivity contribution in [3.05, 3.63) is 29.8 Å². The fourth-order valence-electron chi connectivity index (χ4n) is 1.48. The molecule has 0 radical (unpaired) electrons. The molecule has 0 saturated heterocycles. The van der Waals surface area contributed by atoms with Crippen LogP contribution in [0.1, 0.15) is 18.4 Å². The van der Waals surface area contributed by atoms with Crippen LogP contribution in [0, 0.1) is 0 Å². The first-order valence-corrected chi connectivity index (χ1v) is 5.80. The van der Waals surface area contributed by atoms with Gasteiger partial charge >= 0.3 is 0 Å². The molecule has 0 bridgehead atoms. The van der Waals surface area contributed by atoms with E-state index in [1.54, 1.807) is 14.2 Å². The Morgan fingerprint density at radius 3 is 2.59 bits per heavy atom. The molecular formula is C13H20N2O2. The molecule has 1 aromatic rings. The second-order valence-electron chi connectivity index (χ2n) is 3.80. The molecule has 1 rings (SSSR count). The molecular weight excluding hydrogens is 216 g/mol. The largest absolute Gasteiger partial charge is 0.497 e. The Hall–Kier alpha value is -1.55. The Morgan fingerprint density at radius 1 is 1.29 bits per heavy atom. The highest BCUT2D eigenvalue weighted by Gasteiger charge is 1.97. The minimum absolute atomic E-state index is 0.0937. The molecule has 0 spiro atoms. The number of rotatable bonds is 7. The van der Waals surface area contributed by atoms with Gasteiger partial charge in [0.15, 0.2) is 0 Å². The molecule has 0 saturated carbocycles. The zero-order valence-corrected chi connectivity index (χ0v) is 10.5. The molecule has 0 aliphatic carbocycles. The average molecular weight is 236 g/mol. The predicted octanol–water partition coefficient (Wildman–Crippen LogP) is 1.31. The molecule has 1 amide bonds. The number of methoxy groups -OCH3 is 1. The number of hydrogen-bond donors (Lipinski definition) is 2. The van der Waals surface area contributed by atoms with Gasteiger partial charge in [0.1, 0.15) is 5.75 Å². The summed E-state index contributed by atoms with van der Waals surface area (Å²) in [7, 11) is 3.32. The summed E-state index contributed by atoms with van der Waals surface area (Å²) in [6, 6.07) is 7.96. The van der Waals surface area contributed by atoms with E-state index in [0.717, 1.165) is 25.3 Å². The Bertz CT molecular complexity index is 336. The summed E-state index contributed by atoms with van der Waals surface area (Å²) in [5, 5.41) is 5.90. The summed E-state index contributed by atoms with van der Waals surface area (Å²) in [4.78, 5) is 11.0. The van der Waals surface area contributed by atoms with Crippen molar-refractivity contribution < 1.29 is 9.53 Å². The van der Waals surface area contributed by atoms with Crippen LogP contribution >= 0.6 is 0 Å². The molecule has 2 N–H and O–H groups in total. The van der Waals surface area contributed by atoms with Crippen molar-refractivity contribution >= 4 is 5.91 Å². The number of hydrogen-bond acceptors (Lipinski definition) is 3. The molecule has 0 unspecified atom stereocenters. The first-order valence-electron chi connectivity index (χ1n) is 5.80. The van der Waals surface area contributed by atoms with Gasteiger partial charge in [-0.3, -0.25) is 4.79 Å². The lowest BCUT2D eigenvalue weighted by atomic mass is 10.2. The molecule has 4 nitrogen and oxygen atoms in total. The maximum absolute atomic E-state index is 11.0. The second kappa shape index (κ2) is 7.68. The molecule has 0 aliphatic rings. The second-order valence-corrected chi connectivity index (χ2v) is 3.80. The summed E-state index contributed by atoms with van der Waals surface area (Å²) in [6.45, 7) is 1.66. The molecule has 0 aliphatic heterocycles. The third kappa shape index (κ3) is 5.36. The number of nitrogens with one attached hydrogen (secondary N) is 2. The maximum Gasteiger partial charge on any atom is 0.219 e. The van der Waals surface area contributed by atoms with Crippen molar-refractivity contribution in [3.63, 3.8) is 0 Å². The van der Waals surface area contributed by atoms with Crippen LogP contribution in [-0.4, -0.2) is 26.6 Å². The lowest BCUT2D eigenvalue weighted by Gasteiger charge is -2.05. The van der Waals surface area contributed by atoms with E-state index in [9.17, 15) is 4.79 Å². The third-order valence-corrected chi connectivity index (χ3v) is 2.52. The highest BCUT2D eigenvalue weighted by atomic mass is 16.5. The lowest BCUT2D eigenvalue weighted by molar-refractivity contribution is -0.120.